The number of rotatable bonds is 8. The van der Waals surface area contributed by atoms with Crippen molar-refractivity contribution in [2.75, 3.05) is 12.4 Å². The summed E-state index contributed by atoms with van der Waals surface area (Å²) in [6.07, 6.45) is 5.39. The summed E-state index contributed by atoms with van der Waals surface area (Å²) in [4.78, 5) is 26.3. The highest BCUT2D eigenvalue weighted by Gasteiger charge is 2.48. The van der Waals surface area contributed by atoms with Crippen LogP contribution in [-0.2, 0) is 14.2 Å². The van der Waals surface area contributed by atoms with Crippen molar-refractivity contribution in [3.8, 4) is 12.3 Å². The van der Waals surface area contributed by atoms with Gasteiger partial charge in [0.2, 0.25) is 6.29 Å². The number of terminal acetylenes is 1. The van der Waals surface area contributed by atoms with E-state index in [2.05, 4.69) is 30.2 Å². The van der Waals surface area contributed by atoms with Crippen molar-refractivity contribution >= 4 is 23.7 Å². The first-order valence-corrected chi connectivity index (χ1v) is 12.3. The van der Waals surface area contributed by atoms with Gasteiger partial charge in [-0.3, -0.25) is 0 Å². The van der Waals surface area contributed by atoms with Crippen molar-refractivity contribution < 1.29 is 23.8 Å². The van der Waals surface area contributed by atoms with E-state index in [0.717, 1.165) is 4.90 Å². The normalized spacial score (nSPS) is 21.1. The molecule has 5 nitrogen and oxygen atoms in total. The Morgan fingerprint density at radius 1 is 0.971 bits per heavy atom. The Hall–Kier alpha value is -3.53. The van der Waals surface area contributed by atoms with Crippen LogP contribution in [0.3, 0.4) is 0 Å². The van der Waals surface area contributed by atoms with Gasteiger partial charge in [-0.1, -0.05) is 60.0 Å². The first kappa shape index (κ1) is 24.6. The van der Waals surface area contributed by atoms with E-state index in [1.807, 2.05) is 19.1 Å². The van der Waals surface area contributed by atoms with Crippen LogP contribution in [0.4, 0.5) is 0 Å². The predicted molar refractivity (Wildman–Crippen MR) is 135 cm³/mol. The summed E-state index contributed by atoms with van der Waals surface area (Å²) in [6, 6.07) is 25.6. The Morgan fingerprint density at radius 3 is 2.17 bits per heavy atom. The third-order valence-corrected chi connectivity index (χ3v) is 6.95. The predicted octanol–water partition coefficient (Wildman–Crippen LogP) is 5.54. The lowest BCUT2D eigenvalue weighted by molar-refractivity contribution is -0.143. The average molecular weight is 487 g/mol. The van der Waals surface area contributed by atoms with E-state index in [-0.39, 0.29) is 12.5 Å². The van der Waals surface area contributed by atoms with E-state index >= 15 is 0 Å². The van der Waals surface area contributed by atoms with Crippen LogP contribution in [-0.4, -0.2) is 36.2 Å². The molecule has 35 heavy (non-hydrogen) atoms. The molecule has 3 atom stereocenters. The summed E-state index contributed by atoms with van der Waals surface area (Å²) in [5.74, 6) is 2.11. The Bertz CT molecular complexity index is 1190. The Kier molecular flexibility index (Phi) is 7.91. The third kappa shape index (κ3) is 6.33. The topological polar surface area (TPSA) is 61.8 Å². The fourth-order valence-electron chi connectivity index (χ4n) is 3.80. The maximum absolute atomic E-state index is 12.8. The molecule has 1 fully saturated rings. The van der Waals surface area contributed by atoms with Crippen LogP contribution in [0.1, 0.15) is 32.7 Å². The lowest BCUT2D eigenvalue weighted by Gasteiger charge is -2.23. The number of carbonyl (C=O) groups is 2. The minimum Gasteiger partial charge on any atom is -0.458 e. The lowest BCUT2D eigenvalue weighted by Crippen LogP contribution is -2.35. The molecule has 0 spiro atoms. The molecule has 0 saturated carbocycles. The van der Waals surface area contributed by atoms with Gasteiger partial charge >= 0.3 is 11.9 Å². The average Bonchev–Trinajstić information content (AvgIpc) is 3.25. The minimum atomic E-state index is -1.19. The number of hydrogen-bond acceptors (Lipinski definition) is 6. The van der Waals surface area contributed by atoms with Crippen LogP contribution in [0.15, 0.2) is 89.8 Å². The van der Waals surface area contributed by atoms with Gasteiger partial charge in [-0.05, 0) is 43.3 Å². The molecule has 0 amide bonds. The van der Waals surface area contributed by atoms with E-state index in [0.29, 0.717) is 23.3 Å². The van der Waals surface area contributed by atoms with Crippen molar-refractivity contribution in [1.82, 2.24) is 0 Å². The summed E-state index contributed by atoms with van der Waals surface area (Å²) in [5, 5.41) is 0. The van der Waals surface area contributed by atoms with Crippen LogP contribution >= 0.6 is 11.8 Å². The molecule has 3 unspecified atom stereocenters. The Morgan fingerprint density at radius 2 is 1.57 bits per heavy atom. The zero-order valence-corrected chi connectivity index (χ0v) is 20.2. The number of esters is 2. The maximum atomic E-state index is 12.8. The smallest absolute Gasteiger partial charge is 0.340 e. The minimum absolute atomic E-state index is 0.137. The van der Waals surface area contributed by atoms with Crippen molar-refractivity contribution in [2.24, 2.45) is 5.92 Å². The van der Waals surface area contributed by atoms with E-state index in [9.17, 15) is 9.59 Å². The van der Waals surface area contributed by atoms with Crippen LogP contribution in [0, 0.1) is 25.2 Å². The Balaban J connectivity index is 1.48. The van der Waals surface area contributed by atoms with Gasteiger partial charge in [-0.15, -0.1) is 18.2 Å². The van der Waals surface area contributed by atoms with E-state index < -0.39 is 23.8 Å². The maximum Gasteiger partial charge on any atom is 0.340 e. The highest BCUT2D eigenvalue weighted by molar-refractivity contribution is 7.99. The van der Waals surface area contributed by atoms with E-state index in [1.54, 1.807) is 60.3 Å². The first-order chi connectivity index (χ1) is 17.0. The number of aryl methyl sites for hydroxylation is 1. The van der Waals surface area contributed by atoms with Gasteiger partial charge < -0.3 is 14.2 Å². The van der Waals surface area contributed by atoms with Crippen LogP contribution in [0.5, 0.6) is 0 Å². The lowest BCUT2D eigenvalue weighted by atomic mass is 9.96. The summed E-state index contributed by atoms with van der Waals surface area (Å²) >= 11 is 1.64. The van der Waals surface area contributed by atoms with Gasteiger partial charge in [-0.25, -0.2) is 9.59 Å². The molecule has 1 aliphatic rings. The van der Waals surface area contributed by atoms with Gasteiger partial charge in [0.25, 0.3) is 0 Å². The van der Waals surface area contributed by atoms with Crippen LogP contribution < -0.4 is 0 Å². The standard InChI is InChI=1S/C29H26O5S/c1-3-29(20-32-26(30)22-10-6-4-7-11-22)18-24(19-35-25-16-14-21(2)15-17-25)28(34-29)33-27(31)23-12-8-5-9-13-23/h1,4-17,24,28H,18-20H2,2H3. The van der Waals surface area contributed by atoms with Crippen molar-refractivity contribution in [3.05, 3.63) is 102 Å². The molecule has 0 aromatic heterocycles. The molecule has 1 aliphatic heterocycles. The number of ether oxygens (including phenoxy) is 3. The highest BCUT2D eigenvalue weighted by Crippen LogP contribution is 2.39. The van der Waals surface area contributed by atoms with Crippen molar-refractivity contribution in [3.63, 3.8) is 0 Å². The first-order valence-electron chi connectivity index (χ1n) is 11.3. The van der Waals surface area contributed by atoms with Gasteiger partial charge in [0.15, 0.2) is 5.60 Å². The van der Waals surface area contributed by atoms with Gasteiger partial charge in [0, 0.05) is 23.0 Å². The quantitative estimate of drug-likeness (QED) is 0.237. The molecule has 178 valence electrons. The Labute approximate surface area is 209 Å². The number of carbonyl (C=O) groups excluding carboxylic acids is 2. The SMILES string of the molecule is C#CC1(COC(=O)c2ccccc2)CC(CSc2ccc(C)cc2)C(OC(=O)c2ccccc2)O1. The molecule has 0 aliphatic carbocycles. The van der Waals surface area contributed by atoms with Gasteiger partial charge in [0.05, 0.1) is 11.1 Å². The molecule has 0 N–H and O–H groups in total. The van der Waals surface area contributed by atoms with E-state index in [1.165, 1.54) is 5.56 Å². The van der Waals surface area contributed by atoms with Crippen LogP contribution in [0.2, 0.25) is 0 Å². The largest absolute Gasteiger partial charge is 0.458 e. The molecule has 1 heterocycles. The molecular weight excluding hydrogens is 460 g/mol. The second-order valence-corrected chi connectivity index (χ2v) is 9.52. The fourth-order valence-corrected chi connectivity index (χ4v) is 4.81. The zero-order chi connectivity index (χ0) is 24.7. The second-order valence-electron chi connectivity index (χ2n) is 8.43. The molecule has 6 heteroatoms. The molecule has 0 radical (unpaired) electrons. The molecule has 1 saturated heterocycles. The second kappa shape index (κ2) is 11.3. The van der Waals surface area contributed by atoms with Crippen molar-refractivity contribution in [2.45, 2.75) is 30.1 Å². The van der Waals surface area contributed by atoms with Crippen LogP contribution in [0.25, 0.3) is 0 Å². The monoisotopic (exact) mass is 486 g/mol. The number of hydrogen-bond donors (Lipinski definition) is 0. The summed E-state index contributed by atoms with van der Waals surface area (Å²) < 4.78 is 17.4. The number of benzene rings is 3. The molecule has 3 aromatic rings. The molecular formula is C29H26O5S. The van der Waals surface area contributed by atoms with Gasteiger partial charge in [-0.2, -0.15) is 0 Å². The zero-order valence-electron chi connectivity index (χ0n) is 19.4. The fraction of sp³-hybridized carbons (Fsp3) is 0.241. The highest BCUT2D eigenvalue weighted by atomic mass is 32.2. The summed E-state index contributed by atoms with van der Waals surface area (Å²) in [6.45, 7) is 1.90. The van der Waals surface area contributed by atoms with Gasteiger partial charge in [0.1, 0.15) is 6.61 Å². The number of thioether (sulfide) groups is 1. The third-order valence-electron chi connectivity index (χ3n) is 5.75. The van der Waals surface area contributed by atoms with Crippen molar-refractivity contribution in [1.29, 1.82) is 0 Å². The molecule has 3 aromatic carbocycles. The molecule has 0 bridgehead atoms. The van der Waals surface area contributed by atoms with E-state index in [4.69, 9.17) is 20.6 Å². The summed E-state index contributed by atoms with van der Waals surface area (Å²) in [5.41, 5.74) is 0.843. The summed E-state index contributed by atoms with van der Waals surface area (Å²) in [7, 11) is 0. The molecule has 4 rings (SSSR count).